The molecule has 0 fully saturated rings. The van der Waals surface area contributed by atoms with Crippen LogP contribution >= 0.6 is 0 Å². The van der Waals surface area contributed by atoms with E-state index in [1.54, 1.807) is 21.3 Å². The van der Waals surface area contributed by atoms with Crippen molar-refractivity contribution in [1.29, 1.82) is 0 Å². The zero-order valence-electron chi connectivity index (χ0n) is 16.1. The maximum atomic E-state index is 12.4. The van der Waals surface area contributed by atoms with Gasteiger partial charge in [0.1, 0.15) is 5.75 Å². The smallest absolute Gasteiger partial charge is 0.221 e. The Morgan fingerprint density at radius 1 is 0.923 bits per heavy atom. The molecule has 0 bridgehead atoms. The monoisotopic (exact) mass is 357 g/mol. The summed E-state index contributed by atoms with van der Waals surface area (Å²) in [5, 5.41) is 3.10. The lowest BCUT2D eigenvalue weighted by Gasteiger charge is -2.27. The molecule has 0 atom stereocenters. The Morgan fingerprint density at radius 2 is 1.58 bits per heavy atom. The molecule has 2 rings (SSSR count). The van der Waals surface area contributed by atoms with Gasteiger partial charge < -0.3 is 19.5 Å². The second-order valence-corrected chi connectivity index (χ2v) is 6.59. The SMILES string of the molecule is COc1ccc(C(C)(C)NC(=O)CCc2ccc(OC)c(OC)c2)cc1. The van der Waals surface area contributed by atoms with Gasteiger partial charge in [-0.25, -0.2) is 0 Å². The van der Waals surface area contributed by atoms with E-state index in [-0.39, 0.29) is 5.91 Å². The Bertz CT molecular complexity index is 738. The minimum absolute atomic E-state index is 0.000558. The van der Waals surface area contributed by atoms with Gasteiger partial charge in [0.05, 0.1) is 26.9 Å². The van der Waals surface area contributed by atoms with Crippen LogP contribution < -0.4 is 19.5 Å². The van der Waals surface area contributed by atoms with Crippen LogP contribution in [0.3, 0.4) is 0 Å². The summed E-state index contributed by atoms with van der Waals surface area (Å²) in [6.45, 7) is 3.98. The predicted octanol–water partition coefficient (Wildman–Crippen LogP) is 3.70. The van der Waals surface area contributed by atoms with Crippen LogP contribution in [0.5, 0.6) is 17.2 Å². The van der Waals surface area contributed by atoms with Crippen molar-refractivity contribution in [2.75, 3.05) is 21.3 Å². The van der Waals surface area contributed by atoms with Crippen LogP contribution in [0.2, 0.25) is 0 Å². The van der Waals surface area contributed by atoms with Crippen LogP contribution in [-0.2, 0) is 16.8 Å². The number of hydrogen-bond donors (Lipinski definition) is 1. The van der Waals surface area contributed by atoms with Crippen molar-refractivity contribution in [3.8, 4) is 17.2 Å². The molecule has 0 spiro atoms. The number of hydrogen-bond acceptors (Lipinski definition) is 4. The van der Waals surface area contributed by atoms with Gasteiger partial charge in [-0.2, -0.15) is 0 Å². The standard InChI is InChI=1S/C21H27NO4/c1-21(2,16-8-10-17(24-3)11-9-16)22-20(23)13-7-15-6-12-18(25-4)19(14-15)26-5/h6,8-12,14H,7,13H2,1-5H3,(H,22,23). The summed E-state index contributed by atoms with van der Waals surface area (Å²) in [4.78, 5) is 12.4. The van der Waals surface area contributed by atoms with Crippen LogP contribution in [-0.4, -0.2) is 27.2 Å². The summed E-state index contributed by atoms with van der Waals surface area (Å²) < 4.78 is 15.7. The van der Waals surface area contributed by atoms with Crippen LogP contribution in [0.15, 0.2) is 42.5 Å². The molecule has 0 saturated heterocycles. The topological polar surface area (TPSA) is 56.8 Å². The van der Waals surface area contributed by atoms with Crippen LogP contribution in [0, 0.1) is 0 Å². The third-order valence-corrected chi connectivity index (χ3v) is 4.35. The molecular weight excluding hydrogens is 330 g/mol. The summed E-state index contributed by atoms with van der Waals surface area (Å²) in [5.41, 5.74) is 1.60. The van der Waals surface area contributed by atoms with Crippen molar-refractivity contribution in [1.82, 2.24) is 5.32 Å². The highest BCUT2D eigenvalue weighted by Gasteiger charge is 2.22. The van der Waals surface area contributed by atoms with Gasteiger partial charge in [-0.15, -0.1) is 0 Å². The van der Waals surface area contributed by atoms with Crippen LogP contribution in [0.4, 0.5) is 0 Å². The minimum Gasteiger partial charge on any atom is -0.497 e. The quantitative estimate of drug-likeness (QED) is 0.783. The highest BCUT2D eigenvalue weighted by molar-refractivity contribution is 5.77. The van der Waals surface area contributed by atoms with Crippen molar-refractivity contribution in [2.45, 2.75) is 32.2 Å². The number of amides is 1. The Labute approximate surface area is 155 Å². The van der Waals surface area contributed by atoms with E-state index >= 15 is 0 Å². The van der Waals surface area contributed by atoms with Crippen molar-refractivity contribution in [3.63, 3.8) is 0 Å². The zero-order valence-corrected chi connectivity index (χ0v) is 16.1. The number of methoxy groups -OCH3 is 3. The van der Waals surface area contributed by atoms with E-state index < -0.39 is 5.54 Å². The first kappa shape index (κ1) is 19.6. The normalized spacial score (nSPS) is 11.0. The Hall–Kier alpha value is -2.69. The molecule has 1 N–H and O–H groups in total. The predicted molar refractivity (Wildman–Crippen MR) is 102 cm³/mol. The molecular formula is C21H27NO4. The summed E-state index contributed by atoms with van der Waals surface area (Å²) in [6, 6.07) is 13.4. The Balaban J connectivity index is 1.97. The van der Waals surface area contributed by atoms with Crippen LogP contribution in [0.1, 0.15) is 31.4 Å². The summed E-state index contributed by atoms with van der Waals surface area (Å²) in [6.07, 6.45) is 1.03. The van der Waals surface area contributed by atoms with E-state index in [0.717, 1.165) is 16.9 Å². The van der Waals surface area contributed by atoms with Crippen molar-refractivity contribution >= 4 is 5.91 Å². The number of carbonyl (C=O) groups excluding carboxylic acids is 1. The minimum atomic E-state index is -0.457. The van der Waals surface area contributed by atoms with E-state index in [9.17, 15) is 4.79 Å². The first-order valence-corrected chi connectivity index (χ1v) is 8.56. The van der Waals surface area contributed by atoms with Crippen LogP contribution in [0.25, 0.3) is 0 Å². The van der Waals surface area contributed by atoms with Gasteiger partial charge in [-0.3, -0.25) is 4.79 Å². The molecule has 0 aromatic heterocycles. The van der Waals surface area contributed by atoms with Gasteiger partial charge in [0, 0.05) is 6.42 Å². The average Bonchev–Trinajstić information content (AvgIpc) is 2.65. The van der Waals surface area contributed by atoms with Crippen molar-refractivity contribution in [3.05, 3.63) is 53.6 Å². The molecule has 2 aromatic carbocycles. The van der Waals surface area contributed by atoms with Gasteiger partial charge in [0.25, 0.3) is 0 Å². The summed E-state index contributed by atoms with van der Waals surface area (Å²) in [7, 11) is 4.84. The lowest BCUT2D eigenvalue weighted by molar-refractivity contribution is -0.122. The summed E-state index contributed by atoms with van der Waals surface area (Å²) >= 11 is 0. The fourth-order valence-corrected chi connectivity index (χ4v) is 2.78. The summed E-state index contributed by atoms with van der Waals surface area (Å²) in [5.74, 6) is 2.15. The third kappa shape index (κ3) is 4.91. The molecule has 0 saturated carbocycles. The van der Waals surface area contributed by atoms with E-state index in [4.69, 9.17) is 14.2 Å². The maximum absolute atomic E-state index is 12.4. The molecule has 5 heteroatoms. The van der Waals surface area contributed by atoms with Gasteiger partial charge in [0.2, 0.25) is 5.91 Å². The van der Waals surface area contributed by atoms with E-state index in [0.29, 0.717) is 24.3 Å². The number of nitrogens with one attached hydrogen (secondary N) is 1. The largest absolute Gasteiger partial charge is 0.497 e. The molecule has 0 unspecified atom stereocenters. The van der Waals surface area contributed by atoms with Gasteiger partial charge in [0.15, 0.2) is 11.5 Å². The molecule has 0 aliphatic rings. The molecule has 1 amide bonds. The number of carbonyl (C=O) groups is 1. The lowest BCUT2D eigenvalue weighted by atomic mass is 9.94. The average molecular weight is 357 g/mol. The number of ether oxygens (including phenoxy) is 3. The molecule has 0 aliphatic heterocycles. The van der Waals surface area contributed by atoms with Crippen molar-refractivity contribution < 1.29 is 19.0 Å². The molecule has 0 aliphatic carbocycles. The third-order valence-electron chi connectivity index (χ3n) is 4.35. The van der Waals surface area contributed by atoms with E-state index in [2.05, 4.69) is 5.32 Å². The molecule has 140 valence electrons. The first-order valence-electron chi connectivity index (χ1n) is 8.56. The highest BCUT2D eigenvalue weighted by atomic mass is 16.5. The van der Waals surface area contributed by atoms with Gasteiger partial charge in [-0.05, 0) is 55.7 Å². The lowest BCUT2D eigenvalue weighted by Crippen LogP contribution is -2.41. The Kier molecular flexibility index (Phi) is 6.50. The highest BCUT2D eigenvalue weighted by Crippen LogP contribution is 2.28. The van der Waals surface area contributed by atoms with Gasteiger partial charge >= 0.3 is 0 Å². The number of rotatable bonds is 8. The molecule has 0 radical (unpaired) electrons. The maximum Gasteiger partial charge on any atom is 0.221 e. The molecule has 5 nitrogen and oxygen atoms in total. The fraction of sp³-hybridized carbons (Fsp3) is 0.381. The van der Waals surface area contributed by atoms with E-state index in [1.807, 2.05) is 56.3 Å². The number of benzene rings is 2. The second kappa shape index (κ2) is 8.61. The Morgan fingerprint density at radius 3 is 2.15 bits per heavy atom. The molecule has 2 aromatic rings. The van der Waals surface area contributed by atoms with E-state index in [1.165, 1.54) is 0 Å². The fourth-order valence-electron chi connectivity index (χ4n) is 2.78. The molecule has 26 heavy (non-hydrogen) atoms. The molecule has 0 heterocycles. The zero-order chi connectivity index (χ0) is 19.2. The number of aryl methyl sites for hydroxylation is 1. The van der Waals surface area contributed by atoms with Crippen molar-refractivity contribution in [2.24, 2.45) is 0 Å². The van der Waals surface area contributed by atoms with Gasteiger partial charge in [-0.1, -0.05) is 18.2 Å². The first-order chi connectivity index (χ1) is 12.4. The second-order valence-electron chi connectivity index (χ2n) is 6.59.